The van der Waals surface area contributed by atoms with Crippen molar-refractivity contribution in [2.45, 2.75) is 45.9 Å². The predicted octanol–water partition coefficient (Wildman–Crippen LogP) is 3.99. The van der Waals surface area contributed by atoms with Crippen molar-refractivity contribution in [2.24, 2.45) is 0 Å². The third-order valence-corrected chi connectivity index (χ3v) is 3.56. The fourth-order valence-electron chi connectivity index (χ4n) is 2.22. The number of rotatable bonds is 4. The van der Waals surface area contributed by atoms with Crippen molar-refractivity contribution in [1.82, 2.24) is 15.1 Å². The van der Waals surface area contributed by atoms with E-state index < -0.39 is 11.7 Å². The minimum absolute atomic E-state index is 0.146. The first-order chi connectivity index (χ1) is 11.7. The number of aromatic nitrogens is 2. The predicted molar refractivity (Wildman–Crippen MR) is 96.2 cm³/mol. The third kappa shape index (κ3) is 5.50. The number of nitriles is 1. The molecule has 0 aliphatic heterocycles. The number of ether oxygens (including phenoxy) is 1. The molecular formula is C18H21ClN4O2. The van der Waals surface area contributed by atoms with Gasteiger partial charge in [0.05, 0.1) is 22.8 Å². The molecule has 0 spiro atoms. The highest BCUT2D eigenvalue weighted by molar-refractivity contribution is 6.32. The molecule has 0 aliphatic rings. The topological polar surface area (TPSA) is 79.9 Å². The van der Waals surface area contributed by atoms with E-state index in [0.717, 1.165) is 11.3 Å². The molecule has 2 rings (SSSR count). The zero-order chi connectivity index (χ0) is 18.6. The van der Waals surface area contributed by atoms with Crippen LogP contribution in [0.1, 0.15) is 33.3 Å². The summed E-state index contributed by atoms with van der Waals surface area (Å²) >= 11 is 6.06. The third-order valence-electron chi connectivity index (χ3n) is 3.25. The Morgan fingerprint density at radius 1 is 1.44 bits per heavy atom. The Bertz CT molecular complexity index is 802. The number of benzene rings is 1. The number of hydrogen-bond donors (Lipinski definition) is 1. The van der Waals surface area contributed by atoms with Crippen molar-refractivity contribution >= 4 is 17.7 Å². The zero-order valence-electron chi connectivity index (χ0n) is 14.7. The number of carbonyl (C=O) groups excluding carboxylic acids is 1. The number of alkyl carbamates (subject to hydrolysis) is 1. The molecule has 0 fully saturated rings. The monoisotopic (exact) mass is 360 g/mol. The minimum atomic E-state index is -0.530. The van der Waals surface area contributed by atoms with Gasteiger partial charge in [0.25, 0.3) is 0 Å². The summed E-state index contributed by atoms with van der Waals surface area (Å²) < 4.78 is 6.97. The first-order valence-corrected chi connectivity index (χ1v) is 8.29. The average molecular weight is 361 g/mol. The van der Waals surface area contributed by atoms with Gasteiger partial charge in [-0.1, -0.05) is 17.7 Å². The molecule has 1 N–H and O–H groups in total. The molecule has 0 saturated heterocycles. The van der Waals surface area contributed by atoms with E-state index in [1.54, 1.807) is 22.9 Å². The molecule has 1 aromatic heterocycles. The van der Waals surface area contributed by atoms with Gasteiger partial charge in [-0.05, 0) is 45.9 Å². The van der Waals surface area contributed by atoms with Gasteiger partial charge in [-0.2, -0.15) is 10.4 Å². The summed E-state index contributed by atoms with van der Waals surface area (Å²) in [6.45, 7) is 7.84. The van der Waals surface area contributed by atoms with E-state index in [1.807, 2.05) is 46.0 Å². The van der Waals surface area contributed by atoms with Crippen LogP contribution in [0.4, 0.5) is 4.79 Å². The normalized spacial score (nSPS) is 12.3. The maximum Gasteiger partial charge on any atom is 0.407 e. The van der Waals surface area contributed by atoms with Crippen molar-refractivity contribution in [3.63, 3.8) is 0 Å². The number of nitrogens with one attached hydrogen (secondary N) is 1. The summed E-state index contributed by atoms with van der Waals surface area (Å²) in [5.41, 5.74) is 1.48. The second-order valence-corrected chi connectivity index (χ2v) is 7.18. The number of carbonyl (C=O) groups is 1. The SMILES string of the molecule is C[C@H](Cn1ccc(-c2ccc(C#N)c(Cl)c2)n1)NC(=O)OC(C)(C)C. The van der Waals surface area contributed by atoms with Crippen LogP contribution in [0.3, 0.4) is 0 Å². The second kappa shape index (κ2) is 7.58. The largest absolute Gasteiger partial charge is 0.444 e. The highest BCUT2D eigenvalue weighted by Crippen LogP contribution is 2.24. The maximum atomic E-state index is 11.8. The number of halogens is 1. The summed E-state index contributed by atoms with van der Waals surface area (Å²) in [4.78, 5) is 11.8. The molecule has 0 saturated carbocycles. The van der Waals surface area contributed by atoms with Crippen molar-refractivity contribution in [2.75, 3.05) is 0 Å². The Morgan fingerprint density at radius 2 is 2.16 bits per heavy atom. The van der Waals surface area contributed by atoms with Crippen molar-refractivity contribution in [3.05, 3.63) is 41.0 Å². The van der Waals surface area contributed by atoms with Gasteiger partial charge in [-0.3, -0.25) is 4.68 Å². The lowest BCUT2D eigenvalue weighted by Crippen LogP contribution is -2.39. The Labute approximate surface area is 152 Å². The Morgan fingerprint density at radius 3 is 2.76 bits per heavy atom. The van der Waals surface area contributed by atoms with Crippen LogP contribution in [0.25, 0.3) is 11.3 Å². The van der Waals surface area contributed by atoms with Gasteiger partial charge >= 0.3 is 6.09 Å². The van der Waals surface area contributed by atoms with E-state index in [4.69, 9.17) is 21.6 Å². The van der Waals surface area contributed by atoms with E-state index in [9.17, 15) is 4.79 Å². The lowest BCUT2D eigenvalue weighted by molar-refractivity contribution is 0.0503. The van der Waals surface area contributed by atoms with Gasteiger partial charge in [-0.15, -0.1) is 0 Å². The molecule has 7 heteroatoms. The fourth-order valence-corrected chi connectivity index (χ4v) is 2.44. The minimum Gasteiger partial charge on any atom is -0.444 e. The van der Waals surface area contributed by atoms with E-state index in [1.165, 1.54) is 0 Å². The van der Waals surface area contributed by atoms with Crippen LogP contribution in [-0.4, -0.2) is 27.5 Å². The standard InChI is InChI=1S/C18H21ClN4O2/c1-12(21-17(24)25-18(2,3)4)11-23-8-7-16(22-23)13-5-6-14(10-20)15(19)9-13/h5-9,12H,11H2,1-4H3,(H,21,24)/t12-/m1/s1. The summed E-state index contributed by atoms with van der Waals surface area (Å²) in [5.74, 6) is 0. The summed E-state index contributed by atoms with van der Waals surface area (Å²) in [6, 6.07) is 8.94. The Balaban J connectivity index is 2.00. The molecule has 2 aromatic rings. The van der Waals surface area contributed by atoms with E-state index >= 15 is 0 Å². The van der Waals surface area contributed by atoms with E-state index in [0.29, 0.717) is 17.1 Å². The smallest absolute Gasteiger partial charge is 0.407 e. The Hall–Kier alpha value is -2.52. The van der Waals surface area contributed by atoms with Crippen molar-refractivity contribution in [1.29, 1.82) is 5.26 Å². The van der Waals surface area contributed by atoms with Crippen LogP contribution in [0, 0.1) is 11.3 Å². The van der Waals surface area contributed by atoms with E-state index in [-0.39, 0.29) is 6.04 Å². The average Bonchev–Trinajstić information content (AvgIpc) is 2.93. The van der Waals surface area contributed by atoms with E-state index in [2.05, 4.69) is 10.4 Å². The lowest BCUT2D eigenvalue weighted by Gasteiger charge is -2.21. The molecule has 1 aromatic carbocycles. The number of hydrogen-bond acceptors (Lipinski definition) is 4. The fraction of sp³-hybridized carbons (Fsp3) is 0.389. The molecule has 0 unspecified atom stereocenters. The molecule has 25 heavy (non-hydrogen) atoms. The van der Waals surface area contributed by atoms with Crippen LogP contribution in [0.2, 0.25) is 5.02 Å². The van der Waals surface area contributed by atoms with Crippen molar-refractivity contribution in [3.8, 4) is 17.3 Å². The molecule has 1 heterocycles. The second-order valence-electron chi connectivity index (χ2n) is 6.78. The van der Waals surface area contributed by atoms with Gasteiger partial charge in [0, 0.05) is 17.8 Å². The summed E-state index contributed by atoms with van der Waals surface area (Å²) in [5, 5.41) is 16.6. The highest BCUT2D eigenvalue weighted by Gasteiger charge is 2.18. The molecule has 6 nitrogen and oxygen atoms in total. The molecule has 132 valence electrons. The van der Waals surface area contributed by atoms with Gasteiger partial charge in [0.1, 0.15) is 11.7 Å². The lowest BCUT2D eigenvalue weighted by atomic mass is 10.1. The quantitative estimate of drug-likeness (QED) is 0.893. The maximum absolute atomic E-state index is 11.8. The van der Waals surface area contributed by atoms with Crippen LogP contribution in [0.5, 0.6) is 0 Å². The number of nitrogens with zero attached hydrogens (tertiary/aromatic N) is 3. The van der Waals surface area contributed by atoms with Crippen LogP contribution < -0.4 is 5.32 Å². The molecule has 0 aliphatic carbocycles. The van der Waals surface area contributed by atoms with Crippen LogP contribution in [0.15, 0.2) is 30.5 Å². The summed E-state index contributed by atoms with van der Waals surface area (Å²) in [7, 11) is 0. The van der Waals surface area contributed by atoms with Gasteiger partial charge < -0.3 is 10.1 Å². The summed E-state index contributed by atoms with van der Waals surface area (Å²) in [6.07, 6.45) is 1.38. The zero-order valence-corrected chi connectivity index (χ0v) is 15.5. The first kappa shape index (κ1) is 18.8. The highest BCUT2D eigenvalue weighted by atomic mass is 35.5. The Kier molecular flexibility index (Phi) is 5.70. The van der Waals surface area contributed by atoms with Crippen molar-refractivity contribution < 1.29 is 9.53 Å². The van der Waals surface area contributed by atoms with Gasteiger partial charge in [0.2, 0.25) is 0 Å². The molecule has 0 radical (unpaired) electrons. The van der Waals surface area contributed by atoms with Crippen LogP contribution in [-0.2, 0) is 11.3 Å². The first-order valence-electron chi connectivity index (χ1n) is 7.91. The number of amides is 1. The molecule has 1 amide bonds. The molecule has 0 bridgehead atoms. The molecular weight excluding hydrogens is 340 g/mol. The van der Waals surface area contributed by atoms with Gasteiger partial charge in [0.15, 0.2) is 0 Å². The molecule has 1 atom stereocenters. The van der Waals surface area contributed by atoms with Crippen LogP contribution >= 0.6 is 11.6 Å². The van der Waals surface area contributed by atoms with Gasteiger partial charge in [-0.25, -0.2) is 4.79 Å².